The molecule has 1 aliphatic heterocycles. The number of amides is 1. The lowest BCUT2D eigenvalue weighted by Gasteiger charge is -2.33. The van der Waals surface area contributed by atoms with Gasteiger partial charge in [-0.3, -0.25) is 4.79 Å². The minimum Gasteiger partial charge on any atom is -0.351 e. The predicted molar refractivity (Wildman–Crippen MR) is 88.4 cm³/mol. The summed E-state index contributed by atoms with van der Waals surface area (Å²) in [6.07, 6.45) is 6.19. The van der Waals surface area contributed by atoms with Crippen LogP contribution in [0.3, 0.4) is 0 Å². The molecule has 120 valence electrons. The Morgan fingerprint density at radius 1 is 1.20 bits per heavy atom. The standard InChI is InChI=1S/C16H32N2O.ClH/c1-5-16(6-2,7-3)18-15(19)12-13(4)14-8-10-17-11-9-14;/h13-14,17H,5-12H2,1-4H3,(H,18,19);1H. The minimum absolute atomic E-state index is 0. The van der Waals surface area contributed by atoms with Crippen LogP contribution in [0.5, 0.6) is 0 Å². The number of halogens is 1. The molecule has 1 unspecified atom stereocenters. The summed E-state index contributed by atoms with van der Waals surface area (Å²) >= 11 is 0. The predicted octanol–water partition coefficient (Wildman–Crippen LogP) is 3.52. The molecule has 1 fully saturated rings. The molecule has 0 saturated carbocycles. The van der Waals surface area contributed by atoms with Crippen molar-refractivity contribution in [2.24, 2.45) is 11.8 Å². The molecule has 1 heterocycles. The lowest BCUT2D eigenvalue weighted by molar-refractivity contribution is -0.124. The number of nitrogens with one attached hydrogen (secondary N) is 2. The van der Waals surface area contributed by atoms with Gasteiger partial charge in [0.15, 0.2) is 0 Å². The summed E-state index contributed by atoms with van der Waals surface area (Å²) in [5.41, 5.74) is 0.0188. The van der Waals surface area contributed by atoms with Crippen LogP contribution in [0.15, 0.2) is 0 Å². The Morgan fingerprint density at radius 3 is 2.15 bits per heavy atom. The Kier molecular flexibility index (Phi) is 9.48. The van der Waals surface area contributed by atoms with Crippen molar-refractivity contribution < 1.29 is 4.79 Å². The second-order valence-electron chi connectivity index (χ2n) is 6.16. The SMILES string of the molecule is CCC(CC)(CC)NC(=O)CC(C)C1CCNCC1.Cl. The summed E-state index contributed by atoms with van der Waals surface area (Å²) in [5.74, 6) is 1.47. The van der Waals surface area contributed by atoms with Gasteiger partial charge in [0, 0.05) is 12.0 Å². The topological polar surface area (TPSA) is 41.1 Å². The van der Waals surface area contributed by atoms with Gasteiger partial charge in [0.1, 0.15) is 0 Å². The van der Waals surface area contributed by atoms with E-state index in [1.807, 2.05) is 0 Å². The lowest BCUT2D eigenvalue weighted by atomic mass is 9.83. The van der Waals surface area contributed by atoms with Gasteiger partial charge in [-0.15, -0.1) is 12.4 Å². The van der Waals surface area contributed by atoms with Gasteiger partial charge < -0.3 is 10.6 Å². The Balaban J connectivity index is 0.00000361. The fourth-order valence-electron chi connectivity index (χ4n) is 3.23. The zero-order valence-electron chi connectivity index (χ0n) is 13.6. The molecule has 3 nitrogen and oxygen atoms in total. The molecule has 4 heteroatoms. The van der Waals surface area contributed by atoms with E-state index in [0.717, 1.165) is 32.4 Å². The third kappa shape index (κ3) is 5.61. The average molecular weight is 305 g/mol. The second-order valence-corrected chi connectivity index (χ2v) is 6.16. The van der Waals surface area contributed by atoms with E-state index in [9.17, 15) is 4.79 Å². The molecular formula is C16H33ClN2O. The van der Waals surface area contributed by atoms with Crippen LogP contribution < -0.4 is 10.6 Å². The second kappa shape index (κ2) is 9.62. The first-order valence-electron chi connectivity index (χ1n) is 8.08. The third-order valence-electron chi connectivity index (χ3n) is 5.13. The maximum Gasteiger partial charge on any atom is 0.220 e. The van der Waals surface area contributed by atoms with Gasteiger partial charge in [-0.05, 0) is 57.0 Å². The molecule has 0 aliphatic carbocycles. The smallest absolute Gasteiger partial charge is 0.220 e. The Hall–Kier alpha value is -0.280. The van der Waals surface area contributed by atoms with Crippen molar-refractivity contribution in [3.8, 4) is 0 Å². The molecular weight excluding hydrogens is 272 g/mol. The number of carbonyl (C=O) groups excluding carboxylic acids is 1. The van der Waals surface area contributed by atoms with E-state index in [1.165, 1.54) is 12.8 Å². The molecule has 1 saturated heterocycles. The maximum absolute atomic E-state index is 12.3. The molecule has 20 heavy (non-hydrogen) atoms. The fourth-order valence-corrected chi connectivity index (χ4v) is 3.23. The lowest BCUT2D eigenvalue weighted by Crippen LogP contribution is -2.47. The highest BCUT2D eigenvalue weighted by Gasteiger charge is 2.28. The normalized spacial score (nSPS) is 18.2. The van der Waals surface area contributed by atoms with Crippen LogP contribution in [-0.4, -0.2) is 24.5 Å². The molecule has 2 N–H and O–H groups in total. The van der Waals surface area contributed by atoms with Crippen molar-refractivity contribution in [3.05, 3.63) is 0 Å². The first-order chi connectivity index (χ1) is 9.06. The number of hydrogen-bond acceptors (Lipinski definition) is 2. The van der Waals surface area contributed by atoms with E-state index in [-0.39, 0.29) is 23.9 Å². The van der Waals surface area contributed by atoms with Gasteiger partial charge in [0.25, 0.3) is 0 Å². The first-order valence-corrected chi connectivity index (χ1v) is 8.08. The number of rotatable bonds is 7. The van der Waals surface area contributed by atoms with Gasteiger partial charge in [-0.25, -0.2) is 0 Å². The van der Waals surface area contributed by atoms with Crippen LogP contribution in [0.25, 0.3) is 0 Å². The zero-order chi connectivity index (χ0) is 14.3. The van der Waals surface area contributed by atoms with E-state index in [2.05, 4.69) is 38.3 Å². The number of piperidine rings is 1. The Bertz CT molecular complexity index is 265. The van der Waals surface area contributed by atoms with E-state index < -0.39 is 0 Å². The van der Waals surface area contributed by atoms with Crippen molar-refractivity contribution >= 4 is 18.3 Å². The Morgan fingerprint density at radius 2 is 1.70 bits per heavy atom. The van der Waals surface area contributed by atoms with Gasteiger partial charge >= 0.3 is 0 Å². The van der Waals surface area contributed by atoms with E-state index in [4.69, 9.17) is 0 Å². The first kappa shape index (κ1) is 19.7. The van der Waals surface area contributed by atoms with Crippen molar-refractivity contribution in [2.45, 2.75) is 71.8 Å². The largest absolute Gasteiger partial charge is 0.351 e. The molecule has 0 spiro atoms. The van der Waals surface area contributed by atoms with Gasteiger partial charge in [-0.2, -0.15) is 0 Å². The fraction of sp³-hybridized carbons (Fsp3) is 0.938. The summed E-state index contributed by atoms with van der Waals surface area (Å²) in [7, 11) is 0. The van der Waals surface area contributed by atoms with Crippen LogP contribution in [0.1, 0.15) is 66.2 Å². The third-order valence-corrected chi connectivity index (χ3v) is 5.13. The summed E-state index contributed by atoms with van der Waals surface area (Å²) in [5, 5.41) is 6.68. The number of carbonyl (C=O) groups is 1. The quantitative estimate of drug-likeness (QED) is 0.755. The van der Waals surface area contributed by atoms with E-state index >= 15 is 0 Å². The number of hydrogen-bond donors (Lipinski definition) is 2. The van der Waals surface area contributed by atoms with E-state index in [1.54, 1.807) is 0 Å². The summed E-state index contributed by atoms with van der Waals surface area (Å²) < 4.78 is 0. The molecule has 1 rings (SSSR count). The maximum atomic E-state index is 12.3. The zero-order valence-corrected chi connectivity index (χ0v) is 14.4. The van der Waals surface area contributed by atoms with Gasteiger partial charge in [0.2, 0.25) is 5.91 Å². The van der Waals surface area contributed by atoms with Crippen molar-refractivity contribution in [2.75, 3.05) is 13.1 Å². The van der Waals surface area contributed by atoms with Crippen LogP contribution in [0.2, 0.25) is 0 Å². The Labute approximate surface area is 131 Å². The summed E-state index contributed by atoms with van der Waals surface area (Å²) in [4.78, 5) is 12.3. The molecule has 0 bridgehead atoms. The van der Waals surface area contributed by atoms with Gasteiger partial charge in [0.05, 0.1) is 0 Å². The molecule has 1 aliphatic rings. The molecule has 0 radical (unpaired) electrons. The van der Waals surface area contributed by atoms with Gasteiger partial charge in [-0.1, -0.05) is 27.7 Å². The minimum atomic E-state index is 0. The molecule has 1 amide bonds. The van der Waals surface area contributed by atoms with Crippen LogP contribution >= 0.6 is 12.4 Å². The highest BCUT2D eigenvalue weighted by molar-refractivity contribution is 5.85. The van der Waals surface area contributed by atoms with Crippen LogP contribution in [0.4, 0.5) is 0 Å². The average Bonchev–Trinajstić information content (AvgIpc) is 2.46. The molecule has 0 aromatic rings. The van der Waals surface area contributed by atoms with E-state index in [0.29, 0.717) is 18.3 Å². The summed E-state index contributed by atoms with van der Waals surface area (Å²) in [6, 6.07) is 0. The highest BCUT2D eigenvalue weighted by atomic mass is 35.5. The highest BCUT2D eigenvalue weighted by Crippen LogP contribution is 2.25. The monoisotopic (exact) mass is 304 g/mol. The van der Waals surface area contributed by atoms with Crippen LogP contribution in [-0.2, 0) is 4.79 Å². The van der Waals surface area contributed by atoms with Crippen molar-refractivity contribution in [1.29, 1.82) is 0 Å². The van der Waals surface area contributed by atoms with Crippen molar-refractivity contribution in [3.63, 3.8) is 0 Å². The molecule has 0 aromatic heterocycles. The van der Waals surface area contributed by atoms with Crippen LogP contribution in [0, 0.1) is 11.8 Å². The van der Waals surface area contributed by atoms with Crippen molar-refractivity contribution in [1.82, 2.24) is 10.6 Å². The molecule has 1 atom stereocenters. The summed E-state index contributed by atoms with van der Waals surface area (Å²) in [6.45, 7) is 11.0. The molecule has 0 aromatic carbocycles.